The minimum atomic E-state index is 0.210. The first-order valence-corrected chi connectivity index (χ1v) is 7.50. The van der Waals surface area contributed by atoms with Gasteiger partial charge in [-0.15, -0.1) is 0 Å². The van der Waals surface area contributed by atoms with Gasteiger partial charge in [-0.3, -0.25) is 9.48 Å². The van der Waals surface area contributed by atoms with Crippen molar-refractivity contribution in [3.63, 3.8) is 0 Å². The summed E-state index contributed by atoms with van der Waals surface area (Å²) in [6.07, 6.45) is 5.43. The lowest BCUT2D eigenvalue weighted by atomic mass is 10.1. The molecule has 0 fully saturated rings. The molecule has 1 heterocycles. The Kier molecular flexibility index (Phi) is 5.14. The lowest BCUT2D eigenvalue weighted by Gasteiger charge is -2.06. The van der Waals surface area contributed by atoms with E-state index in [0.717, 1.165) is 29.8 Å². The summed E-state index contributed by atoms with van der Waals surface area (Å²) in [5.41, 5.74) is 2.95. The maximum atomic E-state index is 11.8. The van der Waals surface area contributed by atoms with E-state index in [9.17, 15) is 4.79 Å². The molecular weight excluding hydrogens is 262 g/mol. The minimum Gasteiger partial charge on any atom is -0.381 e. The summed E-state index contributed by atoms with van der Waals surface area (Å²) in [5, 5.41) is 7.66. The number of carbonyl (C=O) groups is 1. The van der Waals surface area contributed by atoms with Gasteiger partial charge in [-0.05, 0) is 44.5 Å². The van der Waals surface area contributed by atoms with E-state index in [0.29, 0.717) is 12.5 Å². The number of carbonyl (C=O) groups excluding carboxylic acids is 1. The molecule has 2 rings (SSSR count). The van der Waals surface area contributed by atoms with Crippen LogP contribution in [0, 0.1) is 0 Å². The van der Waals surface area contributed by atoms with Gasteiger partial charge in [0.25, 0.3) is 0 Å². The summed E-state index contributed by atoms with van der Waals surface area (Å²) >= 11 is 0. The van der Waals surface area contributed by atoms with E-state index >= 15 is 0 Å². The Morgan fingerprint density at radius 3 is 2.57 bits per heavy atom. The van der Waals surface area contributed by atoms with E-state index in [2.05, 4.69) is 30.5 Å². The van der Waals surface area contributed by atoms with Crippen molar-refractivity contribution in [2.75, 3.05) is 5.32 Å². The van der Waals surface area contributed by atoms with Gasteiger partial charge in [0.2, 0.25) is 0 Å². The van der Waals surface area contributed by atoms with Crippen molar-refractivity contribution in [2.24, 2.45) is 0 Å². The second-order valence-electron chi connectivity index (χ2n) is 5.53. The van der Waals surface area contributed by atoms with Gasteiger partial charge in [0.05, 0.1) is 6.20 Å². The van der Waals surface area contributed by atoms with Crippen molar-refractivity contribution in [1.82, 2.24) is 9.78 Å². The number of Topliss-reactive ketones (excluding diaryl/α,β-unsaturated/α-hetero) is 1. The Bertz CT molecular complexity index is 584. The Balaban J connectivity index is 1.92. The Hall–Kier alpha value is -2.10. The summed E-state index contributed by atoms with van der Waals surface area (Å²) in [4.78, 5) is 11.8. The molecule has 4 nitrogen and oxygen atoms in total. The van der Waals surface area contributed by atoms with Crippen molar-refractivity contribution < 1.29 is 4.79 Å². The second kappa shape index (κ2) is 7.07. The smallest absolute Gasteiger partial charge is 0.162 e. The molecular formula is C17H23N3O. The van der Waals surface area contributed by atoms with Crippen LogP contribution in [-0.2, 0) is 6.54 Å². The minimum absolute atomic E-state index is 0.210. The highest BCUT2D eigenvalue weighted by Crippen LogP contribution is 2.13. The molecule has 0 aliphatic rings. The molecule has 1 N–H and O–H groups in total. The molecule has 1 aromatic carbocycles. The fourth-order valence-electron chi connectivity index (χ4n) is 2.10. The van der Waals surface area contributed by atoms with Crippen molar-refractivity contribution in [2.45, 2.75) is 46.2 Å². The molecule has 0 saturated carbocycles. The van der Waals surface area contributed by atoms with Gasteiger partial charge in [-0.1, -0.05) is 6.92 Å². The number of benzene rings is 1. The zero-order chi connectivity index (χ0) is 15.2. The number of hydrogen-bond acceptors (Lipinski definition) is 3. The number of anilines is 1. The van der Waals surface area contributed by atoms with E-state index < -0.39 is 0 Å². The summed E-state index contributed by atoms with van der Waals surface area (Å²) in [7, 11) is 0. The highest BCUT2D eigenvalue weighted by atomic mass is 16.1. The first-order valence-electron chi connectivity index (χ1n) is 7.50. The Labute approximate surface area is 126 Å². The van der Waals surface area contributed by atoms with Crippen molar-refractivity contribution in [3.8, 4) is 0 Å². The van der Waals surface area contributed by atoms with Crippen LogP contribution in [0.4, 0.5) is 5.69 Å². The molecule has 0 spiro atoms. The van der Waals surface area contributed by atoms with Crippen molar-refractivity contribution >= 4 is 11.5 Å². The van der Waals surface area contributed by atoms with E-state index in [1.165, 1.54) is 0 Å². The summed E-state index contributed by atoms with van der Waals surface area (Å²) < 4.78 is 1.95. The first kappa shape index (κ1) is 15.3. The van der Waals surface area contributed by atoms with Gasteiger partial charge < -0.3 is 5.32 Å². The Morgan fingerprint density at radius 2 is 2.00 bits per heavy atom. The van der Waals surface area contributed by atoms with Crippen LogP contribution in [0.2, 0.25) is 0 Å². The summed E-state index contributed by atoms with van der Waals surface area (Å²) in [6, 6.07) is 8.06. The van der Waals surface area contributed by atoms with Crippen LogP contribution in [-0.4, -0.2) is 15.6 Å². The van der Waals surface area contributed by atoms with Crippen molar-refractivity contribution in [1.29, 1.82) is 0 Å². The standard InChI is InChI=1S/C17H23N3O/c1-4-5-17(21)15-6-8-16(9-7-15)18-10-14-11-19-20(12-14)13(2)3/h6-9,11-13,18H,4-5,10H2,1-3H3. The average molecular weight is 285 g/mol. The number of nitrogens with one attached hydrogen (secondary N) is 1. The van der Waals surface area contributed by atoms with Gasteiger partial charge in [0.15, 0.2) is 5.78 Å². The topological polar surface area (TPSA) is 46.9 Å². The van der Waals surface area contributed by atoms with Crippen LogP contribution in [0.5, 0.6) is 0 Å². The fourth-order valence-corrected chi connectivity index (χ4v) is 2.10. The monoisotopic (exact) mass is 285 g/mol. The maximum Gasteiger partial charge on any atom is 0.162 e. The van der Waals surface area contributed by atoms with E-state index in [4.69, 9.17) is 0 Å². The summed E-state index contributed by atoms with van der Waals surface area (Å²) in [5.74, 6) is 0.210. The van der Waals surface area contributed by atoms with Crippen LogP contribution >= 0.6 is 0 Å². The van der Waals surface area contributed by atoms with Gasteiger partial charge in [0.1, 0.15) is 0 Å². The van der Waals surface area contributed by atoms with Crippen LogP contribution in [0.15, 0.2) is 36.7 Å². The molecule has 112 valence electrons. The molecule has 0 saturated heterocycles. The van der Waals surface area contributed by atoms with Gasteiger partial charge in [-0.2, -0.15) is 5.10 Å². The van der Waals surface area contributed by atoms with Gasteiger partial charge >= 0.3 is 0 Å². The van der Waals surface area contributed by atoms with Gasteiger partial charge in [-0.25, -0.2) is 0 Å². The highest BCUT2D eigenvalue weighted by molar-refractivity contribution is 5.96. The number of hydrogen-bond donors (Lipinski definition) is 1. The van der Waals surface area contributed by atoms with Gasteiger partial charge in [0, 0.05) is 42.0 Å². The number of aromatic nitrogens is 2. The zero-order valence-corrected chi connectivity index (χ0v) is 13.0. The maximum absolute atomic E-state index is 11.8. The van der Waals surface area contributed by atoms with E-state index in [-0.39, 0.29) is 5.78 Å². The molecule has 0 aliphatic carbocycles. The van der Waals surface area contributed by atoms with E-state index in [1.807, 2.05) is 42.1 Å². The number of rotatable bonds is 7. The molecule has 0 bridgehead atoms. The van der Waals surface area contributed by atoms with E-state index in [1.54, 1.807) is 0 Å². The molecule has 0 unspecified atom stereocenters. The molecule has 21 heavy (non-hydrogen) atoms. The number of ketones is 1. The molecule has 0 radical (unpaired) electrons. The van der Waals surface area contributed by atoms with Crippen LogP contribution in [0.1, 0.15) is 55.6 Å². The third kappa shape index (κ3) is 4.18. The first-order chi connectivity index (χ1) is 10.1. The third-order valence-electron chi connectivity index (χ3n) is 3.36. The van der Waals surface area contributed by atoms with Crippen LogP contribution < -0.4 is 5.32 Å². The predicted octanol–water partition coefficient (Wildman–Crippen LogP) is 4.06. The quantitative estimate of drug-likeness (QED) is 0.780. The largest absolute Gasteiger partial charge is 0.381 e. The molecule has 0 aliphatic heterocycles. The number of nitrogens with zero attached hydrogens (tertiary/aromatic N) is 2. The lowest BCUT2D eigenvalue weighted by molar-refractivity contribution is 0.0982. The van der Waals surface area contributed by atoms with Crippen molar-refractivity contribution in [3.05, 3.63) is 47.8 Å². The average Bonchev–Trinajstić information content (AvgIpc) is 2.95. The zero-order valence-electron chi connectivity index (χ0n) is 13.0. The third-order valence-corrected chi connectivity index (χ3v) is 3.36. The lowest BCUT2D eigenvalue weighted by Crippen LogP contribution is -2.02. The fraction of sp³-hybridized carbons (Fsp3) is 0.412. The molecule has 0 amide bonds. The second-order valence-corrected chi connectivity index (χ2v) is 5.53. The molecule has 0 atom stereocenters. The van der Waals surface area contributed by atoms with Crippen LogP contribution in [0.3, 0.4) is 0 Å². The predicted molar refractivity (Wildman–Crippen MR) is 85.6 cm³/mol. The highest BCUT2D eigenvalue weighted by Gasteiger charge is 2.05. The van der Waals surface area contributed by atoms with Crippen LogP contribution in [0.25, 0.3) is 0 Å². The molecule has 1 aromatic heterocycles. The normalized spacial score (nSPS) is 10.9. The molecule has 4 heteroatoms. The Morgan fingerprint density at radius 1 is 1.29 bits per heavy atom. The SMILES string of the molecule is CCCC(=O)c1ccc(NCc2cnn(C(C)C)c2)cc1. The summed E-state index contributed by atoms with van der Waals surface area (Å²) in [6.45, 7) is 6.96. The molecule has 2 aromatic rings.